The molecule has 1 aromatic carbocycles. The zero-order valence-electron chi connectivity index (χ0n) is 11.7. The quantitative estimate of drug-likeness (QED) is 0.747. The maximum absolute atomic E-state index is 13.2. The number of aliphatic hydroxyl groups is 1. The van der Waals surface area contributed by atoms with Crippen molar-refractivity contribution in [3.63, 3.8) is 0 Å². The van der Waals surface area contributed by atoms with Crippen LogP contribution >= 0.6 is 0 Å². The van der Waals surface area contributed by atoms with Crippen LogP contribution in [0.2, 0.25) is 0 Å². The Kier molecular flexibility index (Phi) is 2.86. The van der Waals surface area contributed by atoms with E-state index in [0.717, 1.165) is 6.42 Å². The average molecular weight is 303 g/mol. The van der Waals surface area contributed by atoms with Gasteiger partial charge in [0.05, 0.1) is 12.7 Å². The van der Waals surface area contributed by atoms with Crippen LogP contribution in [0.5, 0.6) is 0 Å². The van der Waals surface area contributed by atoms with Crippen LogP contribution in [0.3, 0.4) is 0 Å². The molecule has 1 aliphatic rings. The lowest BCUT2D eigenvalue weighted by Crippen LogP contribution is -2.46. The van der Waals surface area contributed by atoms with Crippen molar-refractivity contribution in [2.75, 3.05) is 18.0 Å². The largest absolute Gasteiger partial charge is 0.423 e. The fourth-order valence-corrected chi connectivity index (χ4v) is 2.86. The minimum absolute atomic E-state index is 0.300. The van der Waals surface area contributed by atoms with Gasteiger partial charge in [0.25, 0.3) is 6.01 Å². The third-order valence-corrected chi connectivity index (χ3v) is 3.97. The number of hydrogen-bond donors (Lipinski definition) is 2. The number of nitrogens with zero attached hydrogens (tertiary/aromatic N) is 4. The lowest BCUT2D eigenvalue weighted by atomic mass is 9.90. The standard InChI is InChI=1S/C14H14FN5O2/c15-9-2-3-11-10(6-9)17-13(22-11)20-5-1-4-14(21,8-20)12-7-16-19-18-12/h2-3,6-7,21H,1,4-5,8H2,(H,16,18,19)/t14-/m0/s1. The fraction of sp³-hybridized carbons (Fsp3) is 0.357. The topological polar surface area (TPSA) is 91.1 Å². The number of H-pyrrole nitrogens is 1. The highest BCUT2D eigenvalue weighted by atomic mass is 19.1. The molecule has 4 rings (SSSR count). The van der Waals surface area contributed by atoms with Gasteiger partial charge in [0.1, 0.15) is 22.6 Å². The Hall–Kier alpha value is -2.48. The number of fused-ring (bicyclic) bond motifs is 1. The maximum Gasteiger partial charge on any atom is 0.298 e. The Balaban J connectivity index is 1.66. The molecule has 2 aromatic heterocycles. The van der Waals surface area contributed by atoms with Gasteiger partial charge in [0, 0.05) is 12.6 Å². The van der Waals surface area contributed by atoms with Crippen LogP contribution in [0.25, 0.3) is 11.1 Å². The first-order valence-corrected chi connectivity index (χ1v) is 7.04. The maximum atomic E-state index is 13.2. The Labute approximate surface area is 124 Å². The average Bonchev–Trinajstić information content (AvgIpc) is 3.16. The predicted octanol–water partition coefficient (Wildman–Crippen LogP) is 1.57. The summed E-state index contributed by atoms with van der Waals surface area (Å²) >= 11 is 0. The van der Waals surface area contributed by atoms with Crippen LogP contribution < -0.4 is 4.90 Å². The molecule has 0 amide bonds. The van der Waals surface area contributed by atoms with E-state index in [1.807, 2.05) is 4.90 Å². The van der Waals surface area contributed by atoms with Crippen molar-refractivity contribution in [1.82, 2.24) is 20.4 Å². The number of halogens is 1. The number of β-amino-alcohol motifs (C(OH)–C–C–N with tert-alkyl or cyclic N) is 1. The Bertz CT molecular complexity index is 803. The van der Waals surface area contributed by atoms with Gasteiger partial charge < -0.3 is 14.4 Å². The van der Waals surface area contributed by atoms with Crippen molar-refractivity contribution < 1.29 is 13.9 Å². The molecule has 0 radical (unpaired) electrons. The summed E-state index contributed by atoms with van der Waals surface area (Å²) in [5.74, 6) is -0.356. The Morgan fingerprint density at radius 3 is 3.14 bits per heavy atom. The molecule has 1 atom stereocenters. The molecule has 3 aromatic rings. The van der Waals surface area contributed by atoms with Gasteiger partial charge in [-0.25, -0.2) is 4.39 Å². The third-order valence-electron chi connectivity index (χ3n) is 3.97. The van der Waals surface area contributed by atoms with E-state index in [9.17, 15) is 9.50 Å². The Morgan fingerprint density at radius 2 is 2.32 bits per heavy atom. The number of benzene rings is 1. The molecule has 0 spiro atoms. The van der Waals surface area contributed by atoms with E-state index in [4.69, 9.17) is 4.42 Å². The van der Waals surface area contributed by atoms with E-state index >= 15 is 0 Å². The van der Waals surface area contributed by atoms with E-state index in [1.165, 1.54) is 18.3 Å². The van der Waals surface area contributed by atoms with Crippen molar-refractivity contribution in [3.8, 4) is 0 Å². The molecule has 0 saturated carbocycles. The second-order valence-electron chi connectivity index (χ2n) is 5.52. The molecule has 0 aliphatic carbocycles. The summed E-state index contributed by atoms with van der Waals surface area (Å²) in [5, 5.41) is 21.0. The lowest BCUT2D eigenvalue weighted by Gasteiger charge is -2.37. The van der Waals surface area contributed by atoms with Gasteiger partial charge in [0.2, 0.25) is 0 Å². The van der Waals surface area contributed by atoms with E-state index in [0.29, 0.717) is 42.3 Å². The number of aromatic amines is 1. The monoisotopic (exact) mass is 303 g/mol. The highest BCUT2D eigenvalue weighted by Crippen LogP contribution is 2.33. The predicted molar refractivity (Wildman–Crippen MR) is 75.7 cm³/mol. The van der Waals surface area contributed by atoms with E-state index < -0.39 is 5.60 Å². The van der Waals surface area contributed by atoms with Gasteiger partial charge in [-0.1, -0.05) is 0 Å². The van der Waals surface area contributed by atoms with Crippen LogP contribution in [0.4, 0.5) is 10.4 Å². The number of rotatable bonds is 2. The highest BCUT2D eigenvalue weighted by Gasteiger charge is 2.38. The second kappa shape index (κ2) is 4.77. The first-order chi connectivity index (χ1) is 10.6. The minimum Gasteiger partial charge on any atom is -0.423 e. The molecule has 22 heavy (non-hydrogen) atoms. The van der Waals surface area contributed by atoms with Gasteiger partial charge in [-0.3, -0.25) is 0 Å². The van der Waals surface area contributed by atoms with E-state index in [1.54, 1.807) is 6.07 Å². The van der Waals surface area contributed by atoms with Crippen molar-refractivity contribution >= 4 is 17.1 Å². The smallest absolute Gasteiger partial charge is 0.298 e. The lowest BCUT2D eigenvalue weighted by molar-refractivity contribution is 0.0164. The summed E-state index contributed by atoms with van der Waals surface area (Å²) < 4.78 is 18.9. The summed E-state index contributed by atoms with van der Waals surface area (Å²) in [6.07, 6.45) is 2.87. The summed E-state index contributed by atoms with van der Waals surface area (Å²) in [6, 6.07) is 4.59. The molecule has 3 heterocycles. The zero-order valence-corrected chi connectivity index (χ0v) is 11.7. The number of oxazole rings is 1. The normalized spacial score (nSPS) is 22.4. The molecule has 1 fully saturated rings. The fourth-order valence-electron chi connectivity index (χ4n) is 2.86. The third kappa shape index (κ3) is 2.12. The second-order valence-corrected chi connectivity index (χ2v) is 5.52. The van der Waals surface area contributed by atoms with Crippen LogP contribution in [0.15, 0.2) is 28.8 Å². The van der Waals surface area contributed by atoms with Crippen LogP contribution in [-0.4, -0.2) is 38.6 Å². The van der Waals surface area contributed by atoms with Crippen molar-refractivity contribution in [3.05, 3.63) is 35.9 Å². The van der Waals surface area contributed by atoms with Crippen LogP contribution in [-0.2, 0) is 5.60 Å². The van der Waals surface area contributed by atoms with Gasteiger partial charge in [-0.05, 0) is 25.0 Å². The van der Waals surface area contributed by atoms with Crippen molar-refractivity contribution in [2.24, 2.45) is 0 Å². The summed E-state index contributed by atoms with van der Waals surface area (Å²) in [4.78, 5) is 6.15. The van der Waals surface area contributed by atoms with Gasteiger partial charge in [0.15, 0.2) is 5.58 Å². The molecule has 114 valence electrons. The van der Waals surface area contributed by atoms with E-state index in [2.05, 4.69) is 20.4 Å². The first kappa shape index (κ1) is 13.2. The first-order valence-electron chi connectivity index (χ1n) is 7.04. The van der Waals surface area contributed by atoms with Crippen molar-refractivity contribution in [1.29, 1.82) is 0 Å². The molecule has 1 aliphatic heterocycles. The summed E-state index contributed by atoms with van der Waals surface area (Å²) in [6.45, 7) is 1.00. The SMILES string of the molecule is O[C@@]1(c2cn[nH]n2)CCCN(c2nc3cc(F)ccc3o2)C1. The number of nitrogens with one attached hydrogen (secondary N) is 1. The van der Waals surface area contributed by atoms with Crippen molar-refractivity contribution in [2.45, 2.75) is 18.4 Å². The highest BCUT2D eigenvalue weighted by molar-refractivity contribution is 5.74. The molecular formula is C14H14FN5O2. The summed E-state index contributed by atoms with van der Waals surface area (Å²) in [7, 11) is 0. The molecule has 0 unspecified atom stereocenters. The number of anilines is 1. The number of piperidine rings is 1. The number of hydrogen-bond acceptors (Lipinski definition) is 6. The molecule has 0 bridgehead atoms. The zero-order chi connectivity index (χ0) is 15.2. The molecule has 7 nitrogen and oxygen atoms in total. The van der Waals surface area contributed by atoms with Crippen LogP contribution in [0, 0.1) is 5.82 Å². The number of aromatic nitrogens is 4. The summed E-state index contributed by atoms with van der Waals surface area (Å²) in [5.41, 5.74) is 0.383. The van der Waals surface area contributed by atoms with Gasteiger partial charge in [-0.15, -0.1) is 0 Å². The molecular weight excluding hydrogens is 289 g/mol. The van der Waals surface area contributed by atoms with E-state index in [-0.39, 0.29) is 5.82 Å². The van der Waals surface area contributed by atoms with Gasteiger partial charge in [-0.2, -0.15) is 20.4 Å². The van der Waals surface area contributed by atoms with Gasteiger partial charge >= 0.3 is 0 Å². The minimum atomic E-state index is -1.10. The molecule has 8 heteroatoms. The van der Waals surface area contributed by atoms with Crippen LogP contribution in [0.1, 0.15) is 18.5 Å². The molecule has 2 N–H and O–H groups in total. The Morgan fingerprint density at radius 1 is 1.41 bits per heavy atom. The molecule has 1 saturated heterocycles.